The first kappa shape index (κ1) is 11.4. The van der Waals surface area contributed by atoms with E-state index in [0.717, 1.165) is 22.9 Å². The Morgan fingerprint density at radius 2 is 2.21 bits per heavy atom. The smallest absolute Gasteiger partial charge is 1.00 e. The van der Waals surface area contributed by atoms with Gasteiger partial charge in [0.25, 0.3) is 0 Å². The summed E-state index contributed by atoms with van der Waals surface area (Å²) in [5.41, 5.74) is 7.68. The summed E-state index contributed by atoms with van der Waals surface area (Å²) in [5, 5.41) is 10.4. The summed E-state index contributed by atoms with van der Waals surface area (Å²) in [4.78, 5) is 3.13. The van der Waals surface area contributed by atoms with Crippen LogP contribution in [0.2, 0.25) is 0 Å². The molecule has 2 rings (SSSR count). The van der Waals surface area contributed by atoms with Crippen molar-refractivity contribution in [3.05, 3.63) is 30.0 Å². The van der Waals surface area contributed by atoms with E-state index in [2.05, 4.69) is 4.98 Å². The van der Waals surface area contributed by atoms with Crippen LogP contribution in [0.15, 0.2) is 24.4 Å². The zero-order valence-corrected chi connectivity index (χ0v) is 9.37. The fourth-order valence-electron chi connectivity index (χ4n) is 1.53. The number of H-pyrrole nitrogens is 1. The van der Waals surface area contributed by atoms with Crippen LogP contribution in [0.1, 0.15) is 8.42 Å². The Labute approximate surface area is 101 Å². The predicted octanol–water partition coefficient (Wildman–Crippen LogP) is 1.22. The zero-order chi connectivity index (χ0) is 9.26. The summed E-state index contributed by atoms with van der Waals surface area (Å²) in [6, 6.07) is 5.30. The molecule has 2 aromatic rings. The molecule has 0 aliphatic carbocycles. The Morgan fingerprint density at radius 3 is 2.93 bits per heavy atom. The molecule has 0 spiro atoms. The summed E-state index contributed by atoms with van der Waals surface area (Å²) >= 11 is 0. The summed E-state index contributed by atoms with van der Waals surface area (Å²) in [5.74, 6) is 0.297. The van der Waals surface area contributed by atoms with Crippen LogP contribution in [0, 0.1) is 0 Å². The number of nitrogens with two attached hydrogens (primary N) is 1. The van der Waals surface area contributed by atoms with Crippen molar-refractivity contribution in [3.63, 3.8) is 0 Å². The van der Waals surface area contributed by atoms with Crippen LogP contribution in [0.5, 0.6) is 5.75 Å². The van der Waals surface area contributed by atoms with Gasteiger partial charge in [-0.25, -0.2) is 0 Å². The molecule has 0 fully saturated rings. The van der Waals surface area contributed by atoms with E-state index < -0.39 is 0 Å². The molecule has 3 nitrogen and oxygen atoms in total. The third-order valence-electron chi connectivity index (χ3n) is 2.16. The second-order valence-corrected chi connectivity index (χ2v) is 3.08. The monoisotopic (exact) mass is 202 g/mol. The molecule has 4 N–H and O–H groups in total. The number of fused-ring (bicyclic) bond motifs is 1. The molecule has 0 saturated heterocycles. The summed E-state index contributed by atoms with van der Waals surface area (Å²) in [6.45, 7) is 0.628. The van der Waals surface area contributed by atoms with Gasteiger partial charge in [0, 0.05) is 17.1 Å². The van der Waals surface area contributed by atoms with Crippen molar-refractivity contribution in [1.82, 2.24) is 4.98 Å². The van der Waals surface area contributed by atoms with Crippen molar-refractivity contribution in [2.45, 2.75) is 6.42 Å². The Morgan fingerprint density at radius 1 is 1.43 bits per heavy atom. The maximum atomic E-state index is 9.30. The standard InChI is InChI=1S/C10H12N2O.Mg.2H/c11-4-3-7-6-12-10-2-1-8(13)5-9(7)10;;;/h1-2,5-6,12-13H,3-4,11H2;;;/q;+2;2*-1. The van der Waals surface area contributed by atoms with Gasteiger partial charge in [-0.05, 0) is 36.7 Å². The number of nitrogens with one attached hydrogen (secondary N) is 1. The minimum Gasteiger partial charge on any atom is -1.00 e. The molecule has 1 heterocycles. The van der Waals surface area contributed by atoms with Crippen molar-refractivity contribution in [3.8, 4) is 5.75 Å². The maximum absolute atomic E-state index is 9.30. The second-order valence-electron chi connectivity index (χ2n) is 3.08. The molecule has 0 amide bonds. The van der Waals surface area contributed by atoms with Gasteiger partial charge in [-0.1, -0.05) is 0 Å². The van der Waals surface area contributed by atoms with Gasteiger partial charge in [-0.2, -0.15) is 0 Å². The first-order valence-electron chi connectivity index (χ1n) is 4.30. The summed E-state index contributed by atoms with van der Waals surface area (Å²) in [7, 11) is 0. The molecular weight excluding hydrogens is 188 g/mol. The second kappa shape index (κ2) is 4.68. The van der Waals surface area contributed by atoms with Crippen LogP contribution in [0.4, 0.5) is 0 Å². The SMILES string of the molecule is NCCc1c[nH]c2ccc(O)cc12.[H-].[H-].[Mg+2]. The van der Waals surface area contributed by atoms with E-state index in [4.69, 9.17) is 5.73 Å². The van der Waals surface area contributed by atoms with E-state index in [1.807, 2.05) is 12.3 Å². The van der Waals surface area contributed by atoms with Gasteiger partial charge in [-0.15, -0.1) is 0 Å². The maximum Gasteiger partial charge on any atom is 2.00 e. The third-order valence-corrected chi connectivity index (χ3v) is 2.16. The van der Waals surface area contributed by atoms with Gasteiger partial charge in [0.2, 0.25) is 0 Å². The number of benzene rings is 1. The first-order chi connectivity index (χ1) is 6.31. The molecule has 0 radical (unpaired) electrons. The quantitative estimate of drug-likeness (QED) is 0.641. The number of phenolic OH excluding ortho intramolecular Hbond substituents is 1. The fraction of sp³-hybridized carbons (Fsp3) is 0.200. The first-order valence-corrected chi connectivity index (χ1v) is 4.30. The van der Waals surface area contributed by atoms with E-state index in [1.165, 1.54) is 0 Å². The van der Waals surface area contributed by atoms with Gasteiger partial charge in [0.15, 0.2) is 0 Å². The largest absolute Gasteiger partial charge is 2.00 e. The van der Waals surface area contributed by atoms with Gasteiger partial charge in [0.05, 0.1) is 0 Å². The molecule has 0 aliphatic heterocycles. The van der Waals surface area contributed by atoms with E-state index in [9.17, 15) is 5.11 Å². The fourth-order valence-corrected chi connectivity index (χ4v) is 1.53. The van der Waals surface area contributed by atoms with Crippen molar-refractivity contribution in [2.75, 3.05) is 6.54 Å². The molecule has 0 bridgehead atoms. The Bertz CT molecular complexity index is 434. The van der Waals surface area contributed by atoms with Crippen LogP contribution in [0.25, 0.3) is 10.9 Å². The normalized spacial score (nSPS) is 10.1. The summed E-state index contributed by atoms with van der Waals surface area (Å²) in [6.07, 6.45) is 2.78. The number of aromatic amines is 1. The van der Waals surface area contributed by atoms with Crippen LogP contribution in [0.3, 0.4) is 0 Å². The molecule has 0 unspecified atom stereocenters. The van der Waals surface area contributed by atoms with E-state index >= 15 is 0 Å². The molecule has 1 aromatic heterocycles. The topological polar surface area (TPSA) is 62.0 Å². The number of hydrogen-bond acceptors (Lipinski definition) is 2. The molecule has 14 heavy (non-hydrogen) atoms. The molecule has 72 valence electrons. The van der Waals surface area contributed by atoms with Gasteiger partial charge < -0.3 is 18.7 Å². The van der Waals surface area contributed by atoms with Crippen LogP contribution in [-0.2, 0) is 6.42 Å². The van der Waals surface area contributed by atoms with Crippen molar-refractivity contribution >= 4 is 34.0 Å². The predicted molar refractivity (Wildman–Crippen MR) is 60.7 cm³/mol. The Balaban J connectivity index is 0. The minimum atomic E-state index is 0. The van der Waals surface area contributed by atoms with Crippen molar-refractivity contribution in [1.29, 1.82) is 0 Å². The molecule has 0 atom stereocenters. The third kappa shape index (κ3) is 2.02. The number of aromatic hydroxyl groups is 1. The van der Waals surface area contributed by atoms with Gasteiger partial charge in [0.1, 0.15) is 5.75 Å². The summed E-state index contributed by atoms with van der Waals surface area (Å²) < 4.78 is 0. The number of hydrogen-bond donors (Lipinski definition) is 3. The molecule has 1 aromatic carbocycles. The van der Waals surface area contributed by atoms with E-state index in [1.54, 1.807) is 12.1 Å². The molecule has 4 heteroatoms. The van der Waals surface area contributed by atoms with Crippen LogP contribution >= 0.6 is 0 Å². The number of rotatable bonds is 2. The van der Waals surface area contributed by atoms with Gasteiger partial charge >= 0.3 is 23.1 Å². The number of aromatic nitrogens is 1. The van der Waals surface area contributed by atoms with Crippen molar-refractivity contribution < 1.29 is 7.96 Å². The van der Waals surface area contributed by atoms with E-state index in [-0.39, 0.29) is 25.9 Å². The molecule has 0 aliphatic rings. The molecule has 0 saturated carbocycles. The molecular formula is C10H14MgN2O. The average molecular weight is 203 g/mol. The Hall–Kier alpha value is -0.714. The minimum absolute atomic E-state index is 0. The number of phenols is 1. The Kier molecular flexibility index (Phi) is 3.80. The average Bonchev–Trinajstić information content (AvgIpc) is 2.49. The van der Waals surface area contributed by atoms with Crippen molar-refractivity contribution in [2.24, 2.45) is 5.73 Å². The van der Waals surface area contributed by atoms with E-state index in [0.29, 0.717) is 12.3 Å². The van der Waals surface area contributed by atoms with Gasteiger partial charge in [-0.3, -0.25) is 0 Å². The van der Waals surface area contributed by atoms with Crippen LogP contribution in [-0.4, -0.2) is 39.7 Å². The zero-order valence-electron chi connectivity index (χ0n) is 9.96. The van der Waals surface area contributed by atoms with Crippen LogP contribution < -0.4 is 5.73 Å².